The predicted molar refractivity (Wildman–Crippen MR) is 71.2 cm³/mol. The fourth-order valence-corrected chi connectivity index (χ4v) is 3.51. The molecule has 18 heavy (non-hydrogen) atoms. The molecule has 0 unspecified atom stereocenters. The van der Waals surface area contributed by atoms with Crippen LogP contribution in [0.1, 0.15) is 19.8 Å². The number of carbonyl (C=O) groups excluding carboxylic acids is 1. The number of hydrogen-bond donors (Lipinski definition) is 3. The van der Waals surface area contributed by atoms with Crippen molar-refractivity contribution in [3.8, 4) is 0 Å². The molecule has 0 aliphatic carbocycles. The number of sulfone groups is 1. The lowest BCUT2D eigenvalue weighted by molar-refractivity contribution is -0.118. The third-order valence-electron chi connectivity index (χ3n) is 2.25. The van der Waals surface area contributed by atoms with E-state index in [9.17, 15) is 13.2 Å². The molecule has 1 amide bonds. The molecular weight excluding hydrogens is 276 g/mol. The zero-order valence-corrected chi connectivity index (χ0v) is 11.6. The summed E-state index contributed by atoms with van der Waals surface area (Å²) in [6.45, 7) is 1.99. The van der Waals surface area contributed by atoms with E-state index in [1.165, 1.54) is 0 Å². The molecule has 0 aromatic carbocycles. The van der Waals surface area contributed by atoms with Gasteiger partial charge in [-0.2, -0.15) is 4.37 Å². The van der Waals surface area contributed by atoms with E-state index in [0.717, 1.165) is 11.5 Å². The zero-order chi connectivity index (χ0) is 13.8. The first-order valence-corrected chi connectivity index (χ1v) is 7.81. The maximum absolute atomic E-state index is 11.8. The van der Waals surface area contributed by atoms with Gasteiger partial charge in [-0.1, -0.05) is 6.92 Å². The van der Waals surface area contributed by atoms with Crippen LogP contribution in [-0.4, -0.2) is 31.0 Å². The van der Waals surface area contributed by atoms with Crippen LogP contribution >= 0.6 is 11.5 Å². The van der Waals surface area contributed by atoms with Gasteiger partial charge in [0.05, 0.1) is 5.75 Å². The second kappa shape index (κ2) is 6.01. The highest BCUT2D eigenvalue weighted by Gasteiger charge is 2.23. The maximum atomic E-state index is 11.8. The van der Waals surface area contributed by atoms with Crippen LogP contribution in [0.3, 0.4) is 0 Å². The molecule has 1 aromatic heterocycles. The van der Waals surface area contributed by atoms with Gasteiger partial charge in [0.25, 0.3) is 0 Å². The van der Waals surface area contributed by atoms with E-state index in [-0.39, 0.29) is 28.8 Å². The van der Waals surface area contributed by atoms with Gasteiger partial charge in [0.1, 0.15) is 9.90 Å². The van der Waals surface area contributed by atoms with Crippen molar-refractivity contribution in [2.75, 3.05) is 23.3 Å². The van der Waals surface area contributed by atoms with Gasteiger partial charge in [-0.25, -0.2) is 8.42 Å². The Hall–Kier alpha value is -1.35. The van der Waals surface area contributed by atoms with Crippen molar-refractivity contribution in [3.05, 3.63) is 0 Å². The smallest absolute Gasteiger partial charge is 0.217 e. The molecule has 1 aromatic rings. The standard InChI is InChI=1S/C9H16N4O3S2/c1-2-18(15,16)7-8(11)13-17-9(7)12-5-3-4-6(10)14/h12H,2-5H2,1H3,(H2,10,14)(H2,11,13). The summed E-state index contributed by atoms with van der Waals surface area (Å²) in [6, 6.07) is 0. The largest absolute Gasteiger partial charge is 0.382 e. The molecular formula is C9H16N4O3S2. The van der Waals surface area contributed by atoms with Crippen LogP contribution in [0.25, 0.3) is 0 Å². The number of primary amides is 1. The number of rotatable bonds is 7. The Kier molecular flexibility index (Phi) is 4.91. The van der Waals surface area contributed by atoms with Crippen molar-refractivity contribution >= 4 is 38.1 Å². The lowest BCUT2D eigenvalue weighted by Gasteiger charge is -2.06. The van der Waals surface area contributed by atoms with E-state index in [4.69, 9.17) is 11.5 Å². The number of aromatic nitrogens is 1. The van der Waals surface area contributed by atoms with Crippen LogP contribution in [0, 0.1) is 0 Å². The summed E-state index contributed by atoms with van der Waals surface area (Å²) in [6.07, 6.45) is 0.774. The van der Waals surface area contributed by atoms with Crippen LogP contribution in [-0.2, 0) is 14.6 Å². The molecule has 0 fully saturated rings. The summed E-state index contributed by atoms with van der Waals surface area (Å²) in [5, 5.41) is 3.33. The molecule has 0 saturated heterocycles. The Morgan fingerprint density at radius 3 is 2.72 bits per heavy atom. The molecule has 0 saturated carbocycles. The lowest BCUT2D eigenvalue weighted by Crippen LogP contribution is -2.13. The molecule has 9 heteroatoms. The highest BCUT2D eigenvalue weighted by Crippen LogP contribution is 2.32. The third-order valence-corrected chi connectivity index (χ3v) is 4.99. The highest BCUT2D eigenvalue weighted by molar-refractivity contribution is 7.91. The molecule has 7 nitrogen and oxygen atoms in total. The van der Waals surface area contributed by atoms with Gasteiger partial charge >= 0.3 is 0 Å². The number of nitrogens with two attached hydrogens (primary N) is 2. The second-order valence-corrected chi connectivity index (χ2v) is 6.61. The average Bonchev–Trinajstić information content (AvgIpc) is 2.66. The molecule has 0 radical (unpaired) electrons. The van der Waals surface area contributed by atoms with Gasteiger partial charge in [0, 0.05) is 13.0 Å². The molecule has 0 atom stereocenters. The SMILES string of the molecule is CCS(=O)(=O)c1c(N)nsc1NCCCC(N)=O. The number of hydrogen-bond acceptors (Lipinski definition) is 7. The molecule has 102 valence electrons. The minimum absolute atomic E-state index is 0.0132. The van der Waals surface area contributed by atoms with E-state index in [2.05, 4.69) is 9.69 Å². The summed E-state index contributed by atoms with van der Waals surface area (Å²) in [5.74, 6) is -0.410. The van der Waals surface area contributed by atoms with Gasteiger partial charge in [-0.3, -0.25) is 4.79 Å². The Morgan fingerprint density at radius 1 is 1.50 bits per heavy atom. The van der Waals surface area contributed by atoms with Crippen LogP contribution < -0.4 is 16.8 Å². The average molecular weight is 292 g/mol. The van der Waals surface area contributed by atoms with Gasteiger partial charge in [0.15, 0.2) is 15.7 Å². The van der Waals surface area contributed by atoms with E-state index >= 15 is 0 Å². The summed E-state index contributed by atoms with van der Waals surface area (Å²) in [5.41, 5.74) is 10.6. The normalized spacial score (nSPS) is 11.4. The summed E-state index contributed by atoms with van der Waals surface area (Å²) < 4.78 is 27.5. The van der Waals surface area contributed by atoms with E-state index in [0.29, 0.717) is 18.0 Å². The predicted octanol–water partition coefficient (Wildman–Crippen LogP) is 0.196. The highest BCUT2D eigenvalue weighted by atomic mass is 32.2. The summed E-state index contributed by atoms with van der Waals surface area (Å²) >= 11 is 0.996. The molecule has 0 aliphatic rings. The topological polar surface area (TPSA) is 128 Å². The van der Waals surface area contributed by atoms with Crippen LogP contribution in [0.15, 0.2) is 4.90 Å². The quantitative estimate of drug-likeness (QED) is 0.616. The number of amides is 1. The Bertz CT molecular complexity index is 524. The molecule has 1 rings (SSSR count). The Balaban J connectivity index is 2.76. The van der Waals surface area contributed by atoms with Crippen molar-refractivity contribution in [2.24, 2.45) is 5.73 Å². The molecule has 0 bridgehead atoms. The van der Waals surface area contributed by atoms with Crippen molar-refractivity contribution in [1.29, 1.82) is 0 Å². The monoisotopic (exact) mass is 292 g/mol. The number of nitrogen functional groups attached to an aromatic ring is 1. The van der Waals surface area contributed by atoms with Crippen molar-refractivity contribution in [2.45, 2.75) is 24.7 Å². The first-order valence-electron chi connectivity index (χ1n) is 5.38. The fraction of sp³-hybridized carbons (Fsp3) is 0.556. The van der Waals surface area contributed by atoms with Gasteiger partial charge in [0.2, 0.25) is 5.91 Å². The van der Waals surface area contributed by atoms with Crippen LogP contribution in [0.5, 0.6) is 0 Å². The van der Waals surface area contributed by atoms with Gasteiger partial charge in [-0.15, -0.1) is 0 Å². The second-order valence-electron chi connectivity index (χ2n) is 3.63. The van der Waals surface area contributed by atoms with Gasteiger partial charge < -0.3 is 16.8 Å². The van der Waals surface area contributed by atoms with Crippen LogP contribution in [0.4, 0.5) is 10.8 Å². The molecule has 0 spiro atoms. The molecule has 0 aliphatic heterocycles. The van der Waals surface area contributed by atoms with Crippen molar-refractivity contribution in [1.82, 2.24) is 4.37 Å². The molecule has 1 heterocycles. The third kappa shape index (κ3) is 3.57. The Morgan fingerprint density at radius 2 is 2.17 bits per heavy atom. The fourth-order valence-electron chi connectivity index (χ4n) is 1.32. The first kappa shape index (κ1) is 14.7. The summed E-state index contributed by atoms with van der Waals surface area (Å²) in [4.78, 5) is 10.6. The zero-order valence-electron chi connectivity index (χ0n) is 9.97. The van der Waals surface area contributed by atoms with Crippen molar-refractivity contribution in [3.63, 3.8) is 0 Å². The van der Waals surface area contributed by atoms with E-state index < -0.39 is 9.84 Å². The number of nitrogens with one attached hydrogen (secondary N) is 1. The van der Waals surface area contributed by atoms with Gasteiger partial charge in [-0.05, 0) is 18.0 Å². The lowest BCUT2D eigenvalue weighted by atomic mass is 10.3. The minimum Gasteiger partial charge on any atom is -0.382 e. The van der Waals surface area contributed by atoms with E-state index in [1.807, 2.05) is 0 Å². The number of anilines is 2. The first-order chi connectivity index (χ1) is 8.38. The maximum Gasteiger partial charge on any atom is 0.217 e. The Labute approximate surface area is 110 Å². The van der Waals surface area contributed by atoms with Crippen molar-refractivity contribution < 1.29 is 13.2 Å². The minimum atomic E-state index is -3.40. The molecule has 5 N–H and O–H groups in total. The van der Waals surface area contributed by atoms with Crippen LogP contribution in [0.2, 0.25) is 0 Å². The summed E-state index contributed by atoms with van der Waals surface area (Å²) in [7, 11) is -3.40. The number of nitrogens with zero attached hydrogens (tertiary/aromatic N) is 1. The van der Waals surface area contributed by atoms with E-state index in [1.54, 1.807) is 6.92 Å². The number of carbonyl (C=O) groups is 1.